The van der Waals surface area contributed by atoms with Crippen LogP contribution in [0.4, 0.5) is 0 Å². The van der Waals surface area contributed by atoms with E-state index in [1.54, 1.807) is 0 Å². The van der Waals surface area contributed by atoms with E-state index in [2.05, 4.69) is 41.9 Å². The molecule has 2 rings (SSSR count). The van der Waals surface area contributed by atoms with Gasteiger partial charge in [-0.05, 0) is 37.9 Å². The molecule has 0 unspecified atom stereocenters. The molecule has 0 atom stereocenters. The molecule has 1 heterocycles. The number of para-hydroxylation sites is 2. The summed E-state index contributed by atoms with van der Waals surface area (Å²) in [5.41, 5.74) is 2.33. The number of nitrogens with zero attached hydrogens (tertiary/aromatic N) is 2. The minimum Gasteiger partial charge on any atom is -0.381 e. The van der Waals surface area contributed by atoms with E-state index in [1.165, 1.54) is 5.52 Å². The van der Waals surface area contributed by atoms with Crippen molar-refractivity contribution in [2.45, 2.75) is 46.2 Å². The molecule has 1 aromatic carbocycles. The molecular weight excluding hydrogens is 262 g/mol. The predicted octanol–water partition coefficient (Wildman–Crippen LogP) is 3.35. The van der Waals surface area contributed by atoms with Gasteiger partial charge in [0.05, 0.1) is 17.6 Å². The fraction of sp³-hybridized carbons (Fsp3) is 0.588. The molecule has 0 aliphatic carbocycles. The van der Waals surface area contributed by atoms with Gasteiger partial charge in [-0.2, -0.15) is 0 Å². The van der Waals surface area contributed by atoms with Gasteiger partial charge < -0.3 is 14.6 Å². The zero-order valence-electron chi connectivity index (χ0n) is 13.3. The Morgan fingerprint density at radius 3 is 2.81 bits per heavy atom. The Hall–Kier alpha value is -1.39. The first-order chi connectivity index (χ1) is 10.4. The second-order valence-electron chi connectivity index (χ2n) is 5.31. The van der Waals surface area contributed by atoms with Gasteiger partial charge in [0.2, 0.25) is 0 Å². The predicted molar refractivity (Wildman–Crippen MR) is 87.5 cm³/mol. The number of aryl methyl sites for hydroxylation is 1. The molecule has 4 nitrogen and oxygen atoms in total. The van der Waals surface area contributed by atoms with Crippen molar-refractivity contribution in [3.05, 3.63) is 30.1 Å². The van der Waals surface area contributed by atoms with E-state index in [0.717, 1.165) is 63.5 Å². The fourth-order valence-corrected chi connectivity index (χ4v) is 2.48. The van der Waals surface area contributed by atoms with Gasteiger partial charge in [-0.15, -0.1) is 0 Å². The van der Waals surface area contributed by atoms with Gasteiger partial charge in [0, 0.05) is 19.8 Å². The maximum Gasteiger partial charge on any atom is 0.123 e. The van der Waals surface area contributed by atoms with Gasteiger partial charge in [0.25, 0.3) is 0 Å². The van der Waals surface area contributed by atoms with Crippen LogP contribution in [0.2, 0.25) is 0 Å². The lowest BCUT2D eigenvalue weighted by atomic mass is 10.3. The van der Waals surface area contributed by atoms with Crippen LogP contribution in [0.3, 0.4) is 0 Å². The monoisotopic (exact) mass is 289 g/mol. The van der Waals surface area contributed by atoms with E-state index >= 15 is 0 Å². The van der Waals surface area contributed by atoms with Crippen molar-refractivity contribution in [2.75, 3.05) is 19.8 Å². The maximum absolute atomic E-state index is 5.48. The van der Waals surface area contributed by atoms with Crippen LogP contribution in [-0.4, -0.2) is 29.3 Å². The lowest BCUT2D eigenvalue weighted by Crippen LogP contribution is -2.19. The van der Waals surface area contributed by atoms with Crippen molar-refractivity contribution in [3.63, 3.8) is 0 Å². The summed E-state index contributed by atoms with van der Waals surface area (Å²) in [6.07, 6.45) is 3.26. The summed E-state index contributed by atoms with van der Waals surface area (Å²) >= 11 is 0. The summed E-state index contributed by atoms with van der Waals surface area (Å²) in [6, 6.07) is 8.37. The average molecular weight is 289 g/mol. The Balaban J connectivity index is 1.87. The smallest absolute Gasteiger partial charge is 0.123 e. The summed E-state index contributed by atoms with van der Waals surface area (Å²) in [5, 5.41) is 3.48. The number of aromatic nitrogens is 2. The topological polar surface area (TPSA) is 39.1 Å². The largest absolute Gasteiger partial charge is 0.381 e. The number of fused-ring (bicyclic) bond motifs is 1. The van der Waals surface area contributed by atoms with Gasteiger partial charge in [0.15, 0.2) is 0 Å². The highest BCUT2D eigenvalue weighted by molar-refractivity contribution is 5.75. The molecule has 0 saturated carbocycles. The zero-order valence-corrected chi connectivity index (χ0v) is 13.3. The molecule has 21 heavy (non-hydrogen) atoms. The third-order valence-corrected chi connectivity index (χ3v) is 3.45. The number of hydrogen-bond acceptors (Lipinski definition) is 3. The molecule has 1 N–H and O–H groups in total. The molecule has 0 fully saturated rings. The number of imidazole rings is 1. The van der Waals surface area contributed by atoms with Crippen LogP contribution in [0, 0.1) is 0 Å². The van der Waals surface area contributed by atoms with Gasteiger partial charge in [-0.1, -0.05) is 26.0 Å². The molecule has 116 valence electrons. The molecule has 0 amide bonds. The average Bonchev–Trinajstić information content (AvgIpc) is 2.85. The molecular formula is C17H27N3O. The van der Waals surface area contributed by atoms with Crippen LogP contribution in [-0.2, 0) is 17.8 Å². The number of rotatable bonds is 10. The Morgan fingerprint density at radius 2 is 2.00 bits per heavy atom. The van der Waals surface area contributed by atoms with Crippen LogP contribution in [0.15, 0.2) is 24.3 Å². The van der Waals surface area contributed by atoms with E-state index in [9.17, 15) is 0 Å². The summed E-state index contributed by atoms with van der Waals surface area (Å²) in [6.45, 7) is 8.87. The van der Waals surface area contributed by atoms with E-state index in [-0.39, 0.29) is 0 Å². The normalized spacial score (nSPS) is 11.3. The van der Waals surface area contributed by atoms with Crippen molar-refractivity contribution in [2.24, 2.45) is 0 Å². The van der Waals surface area contributed by atoms with Crippen molar-refractivity contribution in [3.8, 4) is 0 Å². The molecule has 0 saturated heterocycles. The first-order valence-corrected chi connectivity index (χ1v) is 8.09. The Labute approximate surface area is 127 Å². The standard InChI is InChI=1S/C17H27N3O/c1-3-11-20-16-9-6-5-8-15(16)19-17(20)14-18-10-7-13-21-12-4-2/h5-6,8-9,18H,3-4,7,10-14H2,1-2H3. The van der Waals surface area contributed by atoms with Gasteiger partial charge in [-0.25, -0.2) is 4.98 Å². The van der Waals surface area contributed by atoms with Crippen LogP contribution < -0.4 is 5.32 Å². The zero-order chi connectivity index (χ0) is 14.9. The van der Waals surface area contributed by atoms with E-state index in [0.29, 0.717) is 0 Å². The molecule has 0 aliphatic heterocycles. The first kappa shape index (κ1) is 16.0. The molecule has 1 aromatic heterocycles. The number of hydrogen-bond donors (Lipinski definition) is 1. The quantitative estimate of drug-likeness (QED) is 0.682. The van der Waals surface area contributed by atoms with Gasteiger partial charge >= 0.3 is 0 Å². The molecule has 4 heteroatoms. The third kappa shape index (κ3) is 4.55. The Kier molecular flexibility index (Phi) is 6.70. The van der Waals surface area contributed by atoms with Crippen molar-refractivity contribution < 1.29 is 4.74 Å². The maximum atomic E-state index is 5.48. The Bertz CT molecular complexity index is 536. The van der Waals surface area contributed by atoms with Crippen molar-refractivity contribution in [1.82, 2.24) is 14.9 Å². The van der Waals surface area contributed by atoms with Gasteiger partial charge in [-0.3, -0.25) is 0 Å². The number of ether oxygens (including phenoxy) is 1. The van der Waals surface area contributed by atoms with Crippen LogP contribution in [0.5, 0.6) is 0 Å². The van der Waals surface area contributed by atoms with E-state index in [1.807, 2.05) is 6.07 Å². The molecule has 0 spiro atoms. The summed E-state index contributed by atoms with van der Waals surface area (Å²) < 4.78 is 7.81. The highest BCUT2D eigenvalue weighted by atomic mass is 16.5. The molecule has 0 radical (unpaired) electrons. The van der Waals surface area contributed by atoms with E-state index < -0.39 is 0 Å². The van der Waals surface area contributed by atoms with Crippen molar-refractivity contribution >= 4 is 11.0 Å². The van der Waals surface area contributed by atoms with Crippen LogP contribution in [0.25, 0.3) is 11.0 Å². The Morgan fingerprint density at radius 1 is 1.14 bits per heavy atom. The number of nitrogens with one attached hydrogen (secondary N) is 1. The van der Waals surface area contributed by atoms with Crippen molar-refractivity contribution in [1.29, 1.82) is 0 Å². The second-order valence-corrected chi connectivity index (χ2v) is 5.31. The SMILES string of the molecule is CCCOCCCNCc1nc2ccccc2n1CCC. The minimum absolute atomic E-state index is 0.822. The minimum atomic E-state index is 0.822. The fourth-order valence-electron chi connectivity index (χ4n) is 2.48. The van der Waals surface area contributed by atoms with E-state index in [4.69, 9.17) is 9.72 Å². The summed E-state index contributed by atoms with van der Waals surface area (Å²) in [5.74, 6) is 1.13. The molecule has 0 aliphatic rings. The summed E-state index contributed by atoms with van der Waals surface area (Å²) in [7, 11) is 0. The third-order valence-electron chi connectivity index (χ3n) is 3.45. The highest BCUT2D eigenvalue weighted by Gasteiger charge is 2.08. The highest BCUT2D eigenvalue weighted by Crippen LogP contribution is 2.16. The van der Waals surface area contributed by atoms with Crippen LogP contribution in [0.1, 0.15) is 38.9 Å². The number of benzene rings is 1. The van der Waals surface area contributed by atoms with Gasteiger partial charge in [0.1, 0.15) is 5.82 Å². The molecule has 2 aromatic rings. The second kappa shape index (κ2) is 8.80. The lowest BCUT2D eigenvalue weighted by molar-refractivity contribution is 0.132. The summed E-state index contributed by atoms with van der Waals surface area (Å²) in [4.78, 5) is 4.75. The van der Waals surface area contributed by atoms with Crippen LogP contribution >= 0.6 is 0 Å². The molecule has 0 bridgehead atoms. The lowest BCUT2D eigenvalue weighted by Gasteiger charge is -2.09. The first-order valence-electron chi connectivity index (χ1n) is 8.09.